The Labute approximate surface area is 177 Å². The number of hydrogen-bond acceptors (Lipinski definition) is 6. The standard InChI is InChI=1S/C24H29N3O3/c1-16(2)26-13-11-24(12-14-26)27-21(19-5-4-6-22(29-3)23(19)30-24)15-20(25-27)17-7-9-18(28)10-8-17/h4-10,16,21,28H,11-15H2,1-3H3. The lowest BCUT2D eigenvalue weighted by molar-refractivity contribution is -0.153. The van der Waals surface area contributed by atoms with Crippen molar-refractivity contribution in [3.05, 3.63) is 53.6 Å². The van der Waals surface area contributed by atoms with Gasteiger partial charge >= 0.3 is 0 Å². The van der Waals surface area contributed by atoms with Crippen molar-refractivity contribution < 1.29 is 14.6 Å². The van der Waals surface area contributed by atoms with Crippen LogP contribution in [0.25, 0.3) is 0 Å². The first-order valence-electron chi connectivity index (χ1n) is 10.8. The van der Waals surface area contributed by atoms with E-state index in [9.17, 15) is 5.11 Å². The molecule has 3 heterocycles. The number of methoxy groups -OCH3 is 1. The van der Waals surface area contributed by atoms with Gasteiger partial charge in [0.1, 0.15) is 5.75 Å². The summed E-state index contributed by atoms with van der Waals surface area (Å²) < 4.78 is 12.4. The quantitative estimate of drug-likeness (QED) is 0.829. The first-order chi connectivity index (χ1) is 14.5. The van der Waals surface area contributed by atoms with Crippen LogP contribution in [0.15, 0.2) is 47.6 Å². The maximum atomic E-state index is 9.67. The van der Waals surface area contributed by atoms with Gasteiger partial charge in [0, 0.05) is 44.0 Å². The predicted octanol–water partition coefficient (Wildman–Crippen LogP) is 4.14. The molecule has 1 fully saturated rings. The zero-order valence-electron chi connectivity index (χ0n) is 17.8. The Morgan fingerprint density at radius 2 is 1.87 bits per heavy atom. The van der Waals surface area contributed by atoms with E-state index in [1.807, 2.05) is 24.3 Å². The molecule has 0 aliphatic carbocycles. The molecule has 5 rings (SSSR count). The molecule has 0 amide bonds. The summed E-state index contributed by atoms with van der Waals surface area (Å²) in [5.74, 6) is 1.92. The Balaban J connectivity index is 1.56. The SMILES string of the molecule is COc1cccc2c1OC1(CCN(C(C)C)CC1)N1N=C(c3ccc(O)cc3)CC21. The lowest BCUT2D eigenvalue weighted by Gasteiger charge is -2.51. The van der Waals surface area contributed by atoms with Crippen molar-refractivity contribution in [1.82, 2.24) is 9.91 Å². The second kappa shape index (κ2) is 7.20. The van der Waals surface area contributed by atoms with Crippen molar-refractivity contribution in [2.45, 2.75) is 50.9 Å². The Bertz CT molecular complexity index is 962. The van der Waals surface area contributed by atoms with Gasteiger partial charge in [0.2, 0.25) is 5.72 Å². The number of likely N-dealkylation sites (tertiary alicyclic amines) is 1. The molecule has 158 valence electrons. The zero-order chi connectivity index (χ0) is 20.9. The van der Waals surface area contributed by atoms with E-state index in [0.29, 0.717) is 6.04 Å². The van der Waals surface area contributed by atoms with E-state index in [4.69, 9.17) is 14.6 Å². The number of piperidine rings is 1. The minimum atomic E-state index is -0.462. The normalized spacial score (nSPS) is 22.5. The van der Waals surface area contributed by atoms with Crippen LogP contribution in [-0.4, -0.2) is 52.7 Å². The van der Waals surface area contributed by atoms with E-state index in [1.165, 1.54) is 0 Å². The summed E-state index contributed by atoms with van der Waals surface area (Å²) in [6.45, 7) is 6.46. The maximum Gasteiger partial charge on any atom is 0.200 e. The van der Waals surface area contributed by atoms with E-state index in [1.54, 1.807) is 19.2 Å². The Morgan fingerprint density at radius 3 is 2.53 bits per heavy atom. The van der Waals surface area contributed by atoms with Gasteiger partial charge < -0.3 is 19.5 Å². The maximum absolute atomic E-state index is 9.67. The number of para-hydroxylation sites is 1. The Morgan fingerprint density at radius 1 is 1.13 bits per heavy atom. The molecule has 0 radical (unpaired) electrons. The molecule has 1 saturated heterocycles. The number of phenolic OH excluding ortho intramolecular Hbond substituents is 1. The number of fused-ring (bicyclic) bond motifs is 4. The Hall–Kier alpha value is -2.73. The van der Waals surface area contributed by atoms with Crippen LogP contribution in [0.1, 0.15) is 50.3 Å². The van der Waals surface area contributed by atoms with Gasteiger partial charge in [-0.2, -0.15) is 5.10 Å². The molecular formula is C24H29N3O3. The highest BCUT2D eigenvalue weighted by Gasteiger charge is 2.52. The molecule has 0 aromatic heterocycles. The number of nitrogens with zero attached hydrogens (tertiary/aromatic N) is 3. The number of phenols is 1. The number of rotatable bonds is 3. The van der Waals surface area contributed by atoms with Crippen LogP contribution in [0.2, 0.25) is 0 Å². The van der Waals surface area contributed by atoms with Crippen LogP contribution >= 0.6 is 0 Å². The molecule has 2 aromatic rings. The fourth-order valence-electron chi connectivity index (χ4n) is 4.98. The molecule has 6 nitrogen and oxygen atoms in total. The third-order valence-corrected chi connectivity index (χ3v) is 6.72. The van der Waals surface area contributed by atoms with Crippen molar-refractivity contribution in [1.29, 1.82) is 0 Å². The van der Waals surface area contributed by atoms with Gasteiger partial charge in [-0.25, -0.2) is 5.01 Å². The van der Waals surface area contributed by atoms with Gasteiger partial charge in [0.05, 0.1) is 18.9 Å². The molecule has 30 heavy (non-hydrogen) atoms. The smallest absolute Gasteiger partial charge is 0.200 e. The molecule has 3 aliphatic heterocycles. The fraction of sp³-hybridized carbons (Fsp3) is 0.458. The van der Waals surface area contributed by atoms with Crippen LogP contribution < -0.4 is 9.47 Å². The second-order valence-electron chi connectivity index (χ2n) is 8.71. The van der Waals surface area contributed by atoms with E-state index < -0.39 is 5.72 Å². The lowest BCUT2D eigenvalue weighted by Crippen LogP contribution is -2.59. The molecular weight excluding hydrogens is 378 g/mol. The van der Waals surface area contributed by atoms with Crippen LogP contribution in [0, 0.1) is 0 Å². The van der Waals surface area contributed by atoms with Crippen LogP contribution in [0.4, 0.5) is 0 Å². The van der Waals surface area contributed by atoms with E-state index in [0.717, 1.165) is 60.7 Å². The molecule has 0 saturated carbocycles. The summed E-state index contributed by atoms with van der Waals surface area (Å²) in [7, 11) is 1.70. The Kier molecular flexibility index (Phi) is 4.62. The molecule has 1 spiro atoms. The summed E-state index contributed by atoms with van der Waals surface area (Å²) in [4.78, 5) is 2.50. The van der Waals surface area contributed by atoms with Crippen LogP contribution in [0.3, 0.4) is 0 Å². The average molecular weight is 408 g/mol. The van der Waals surface area contributed by atoms with E-state index >= 15 is 0 Å². The van der Waals surface area contributed by atoms with Crippen molar-refractivity contribution in [2.75, 3.05) is 20.2 Å². The van der Waals surface area contributed by atoms with Gasteiger partial charge in [-0.15, -0.1) is 0 Å². The van der Waals surface area contributed by atoms with Gasteiger partial charge in [0.25, 0.3) is 0 Å². The molecule has 2 aromatic carbocycles. The third kappa shape index (κ3) is 3.01. The molecule has 1 N–H and O–H groups in total. The van der Waals surface area contributed by atoms with E-state index in [-0.39, 0.29) is 11.8 Å². The molecule has 1 atom stereocenters. The van der Waals surface area contributed by atoms with Crippen LogP contribution in [0.5, 0.6) is 17.2 Å². The van der Waals surface area contributed by atoms with Crippen LogP contribution in [-0.2, 0) is 0 Å². The summed E-state index contributed by atoms with van der Waals surface area (Å²) in [6.07, 6.45) is 2.60. The number of hydrazone groups is 1. The fourth-order valence-corrected chi connectivity index (χ4v) is 4.98. The van der Waals surface area contributed by atoms with E-state index in [2.05, 4.69) is 29.8 Å². The lowest BCUT2D eigenvalue weighted by atomic mass is 9.90. The molecule has 6 heteroatoms. The van der Waals surface area contributed by atoms with Gasteiger partial charge in [0.15, 0.2) is 11.5 Å². The van der Waals surface area contributed by atoms with Gasteiger partial charge in [-0.1, -0.05) is 12.1 Å². The summed E-state index contributed by atoms with van der Waals surface area (Å²) in [5.41, 5.74) is 2.74. The molecule has 3 aliphatic rings. The molecule has 0 bridgehead atoms. The summed E-state index contributed by atoms with van der Waals surface area (Å²) in [5, 5.41) is 17.0. The number of benzene rings is 2. The van der Waals surface area contributed by atoms with Crippen molar-refractivity contribution in [2.24, 2.45) is 5.10 Å². The van der Waals surface area contributed by atoms with Gasteiger partial charge in [-0.3, -0.25) is 0 Å². The predicted molar refractivity (Wildman–Crippen MR) is 116 cm³/mol. The largest absolute Gasteiger partial charge is 0.508 e. The highest BCUT2D eigenvalue weighted by Crippen LogP contribution is 2.52. The van der Waals surface area contributed by atoms with Gasteiger partial charge in [-0.05, 0) is 49.7 Å². The number of ether oxygens (including phenoxy) is 2. The summed E-state index contributed by atoms with van der Waals surface area (Å²) in [6, 6.07) is 14.1. The minimum absolute atomic E-state index is 0.123. The molecule has 1 unspecified atom stereocenters. The number of hydrogen-bond donors (Lipinski definition) is 1. The second-order valence-corrected chi connectivity index (χ2v) is 8.71. The highest BCUT2D eigenvalue weighted by atomic mass is 16.5. The minimum Gasteiger partial charge on any atom is -0.508 e. The van der Waals surface area contributed by atoms with Crippen molar-refractivity contribution in [3.8, 4) is 17.2 Å². The summed E-state index contributed by atoms with van der Waals surface area (Å²) >= 11 is 0. The first-order valence-corrected chi connectivity index (χ1v) is 10.8. The average Bonchev–Trinajstić information content (AvgIpc) is 3.21. The number of aromatic hydroxyl groups is 1. The zero-order valence-corrected chi connectivity index (χ0v) is 17.8. The van der Waals surface area contributed by atoms with Crippen molar-refractivity contribution in [3.63, 3.8) is 0 Å². The topological polar surface area (TPSA) is 57.5 Å². The van der Waals surface area contributed by atoms with Crippen molar-refractivity contribution >= 4 is 5.71 Å². The monoisotopic (exact) mass is 407 g/mol. The third-order valence-electron chi connectivity index (χ3n) is 6.72. The highest BCUT2D eigenvalue weighted by molar-refractivity contribution is 6.02. The first kappa shape index (κ1) is 19.2.